The molecule has 12 rings (SSSR count). The first-order valence-corrected chi connectivity index (χ1v) is 22.9. The summed E-state index contributed by atoms with van der Waals surface area (Å²) in [4.78, 5) is 15.0. The molecule has 0 saturated carbocycles. The summed E-state index contributed by atoms with van der Waals surface area (Å²) >= 11 is 0. The van der Waals surface area contributed by atoms with Crippen molar-refractivity contribution in [2.75, 3.05) is 40.4 Å². The summed E-state index contributed by atoms with van der Waals surface area (Å²) in [6, 6.07) is 24.8. The van der Waals surface area contributed by atoms with E-state index < -0.39 is 0 Å². The lowest BCUT2D eigenvalue weighted by Gasteiger charge is -2.62. The first-order valence-electron chi connectivity index (χ1n) is 22.9. The van der Waals surface area contributed by atoms with Crippen molar-refractivity contribution in [3.8, 4) is 23.3 Å². The second-order valence-electron chi connectivity index (χ2n) is 19.9. The fourth-order valence-corrected chi connectivity index (χ4v) is 12.9. The Bertz CT molecular complexity index is 2480. The lowest BCUT2D eigenvalue weighted by Crippen LogP contribution is -2.66. The van der Waals surface area contributed by atoms with Crippen LogP contribution in [0.3, 0.4) is 0 Å². The van der Waals surface area contributed by atoms with Gasteiger partial charge in [-0.05, 0) is 136 Å². The summed E-state index contributed by atoms with van der Waals surface area (Å²) < 4.78 is 26.5. The molecule has 10 nitrogen and oxygen atoms in total. The molecule has 0 N–H and O–H groups in total. The maximum atomic E-state index is 7.48. The molecule has 9 heterocycles. The van der Waals surface area contributed by atoms with Crippen LogP contribution in [0, 0.1) is 22.7 Å². The number of hydrogen-bond donors (Lipinski definition) is 0. The van der Waals surface area contributed by atoms with Gasteiger partial charge in [-0.3, -0.25) is 19.8 Å². The van der Waals surface area contributed by atoms with E-state index in [1.54, 1.807) is 14.2 Å². The summed E-state index contributed by atoms with van der Waals surface area (Å²) in [7, 11) is 3.43. The van der Waals surface area contributed by atoms with Crippen LogP contribution in [-0.2, 0) is 0 Å². The van der Waals surface area contributed by atoms with E-state index in [-0.39, 0.29) is 34.1 Å². The Labute approximate surface area is 366 Å². The predicted molar refractivity (Wildman–Crippen MR) is 245 cm³/mol. The molecule has 6 aliphatic rings. The lowest BCUT2D eigenvalue weighted by molar-refractivity contribution is -0.148. The van der Waals surface area contributed by atoms with Gasteiger partial charge in [-0.2, -0.15) is 0 Å². The van der Waals surface area contributed by atoms with Crippen molar-refractivity contribution in [1.82, 2.24) is 30.0 Å². The maximum absolute atomic E-state index is 7.48. The largest absolute Gasteiger partial charge is 0.497 e. The van der Waals surface area contributed by atoms with Gasteiger partial charge in [0.2, 0.25) is 11.8 Å². The molecule has 6 aromatic rings. The van der Waals surface area contributed by atoms with E-state index in [0.717, 1.165) is 94.2 Å². The quantitative estimate of drug-likeness (QED) is 0.119. The van der Waals surface area contributed by atoms with E-state index in [1.165, 1.54) is 25.7 Å². The van der Waals surface area contributed by atoms with E-state index in [0.29, 0.717) is 23.6 Å². The number of nitrogens with zero attached hydrogens (tertiary/aromatic N) is 6. The van der Waals surface area contributed by atoms with Crippen molar-refractivity contribution < 1.29 is 18.9 Å². The highest BCUT2D eigenvalue weighted by atomic mass is 16.5. The van der Waals surface area contributed by atoms with E-state index in [2.05, 4.69) is 99.9 Å². The molecule has 62 heavy (non-hydrogen) atoms. The third-order valence-corrected chi connectivity index (χ3v) is 16.5. The number of rotatable bonds is 12. The van der Waals surface area contributed by atoms with Crippen LogP contribution in [0.5, 0.6) is 23.3 Å². The number of ether oxygens (including phenoxy) is 4. The molecule has 6 fully saturated rings. The van der Waals surface area contributed by atoms with Crippen molar-refractivity contribution in [3.63, 3.8) is 0 Å². The molecule has 10 heteroatoms. The van der Waals surface area contributed by atoms with Gasteiger partial charge >= 0.3 is 0 Å². The number of pyridine rings is 2. The number of fused-ring (bicyclic) bond motifs is 9. The van der Waals surface area contributed by atoms with Gasteiger partial charge < -0.3 is 18.9 Å². The number of piperidine rings is 6. The Hall–Kier alpha value is -5.06. The monoisotopic (exact) mass is 834 g/mol. The highest BCUT2D eigenvalue weighted by Crippen LogP contribution is 2.59. The van der Waals surface area contributed by atoms with Gasteiger partial charge in [0, 0.05) is 47.4 Å². The zero-order chi connectivity index (χ0) is 43.0. The maximum Gasteiger partial charge on any atom is 0.242 e. The van der Waals surface area contributed by atoms with E-state index in [9.17, 15) is 0 Å². The minimum Gasteiger partial charge on any atom is -0.497 e. The zero-order valence-electron chi connectivity index (χ0n) is 37.8. The van der Waals surface area contributed by atoms with Crippen LogP contribution < -0.4 is 18.9 Å². The molecule has 3 aromatic carbocycles. The summed E-state index contributed by atoms with van der Waals surface area (Å²) in [5.41, 5.74) is 3.67. The number of benzene rings is 3. The standard InChI is InChI=1S/C52H62N6O4/c1-9-33-29-57-25-21-49(33,3)31-51(57,5)45(37-19-23-53-43-17-15-35(59-7)27-41(37)43)61-47-39-13-11-12-14-40(39)48(56-55-47)62-46(38-20-24-54-44-18-16-36(60-8)28-42(38)44)52(6)32-50(4)22-26-58(52)30-34(50)10-2/h11-20,23-24,27-28,33-34,45-46H,9-10,21-22,25-26,29-32H2,1-8H3/t33-,34+,45+,46?,49+,50+,51-,52-/m1/s1. The summed E-state index contributed by atoms with van der Waals surface area (Å²) in [5, 5.41) is 13.8. The fourth-order valence-electron chi connectivity index (χ4n) is 12.9. The normalized spacial score (nSPS) is 31.3. The first-order chi connectivity index (χ1) is 29.9. The molecule has 10 atom stereocenters. The Morgan fingerprint density at radius 1 is 0.597 bits per heavy atom. The highest BCUT2D eigenvalue weighted by Gasteiger charge is 2.59. The van der Waals surface area contributed by atoms with Gasteiger partial charge in [-0.15, -0.1) is 10.2 Å². The molecule has 324 valence electrons. The number of methoxy groups -OCH3 is 2. The van der Waals surface area contributed by atoms with Crippen LogP contribution in [0.4, 0.5) is 0 Å². The van der Waals surface area contributed by atoms with Gasteiger partial charge in [0.15, 0.2) is 0 Å². The molecule has 6 aliphatic heterocycles. The zero-order valence-corrected chi connectivity index (χ0v) is 37.8. The van der Waals surface area contributed by atoms with Gasteiger partial charge in [-0.25, -0.2) is 0 Å². The third-order valence-electron chi connectivity index (χ3n) is 16.5. The minimum absolute atomic E-state index is 0.195. The van der Waals surface area contributed by atoms with Crippen molar-refractivity contribution in [2.45, 2.75) is 103 Å². The molecule has 3 aromatic heterocycles. The van der Waals surface area contributed by atoms with Crippen LogP contribution in [0.25, 0.3) is 32.6 Å². The number of hydrogen-bond acceptors (Lipinski definition) is 10. The Balaban J connectivity index is 1.10. The second-order valence-corrected chi connectivity index (χ2v) is 19.9. The first kappa shape index (κ1) is 41.0. The van der Waals surface area contributed by atoms with Crippen LogP contribution >= 0.6 is 0 Å². The highest BCUT2D eigenvalue weighted by molar-refractivity contribution is 5.91. The molecular weight excluding hydrogens is 773 g/mol. The van der Waals surface area contributed by atoms with Gasteiger partial charge in [0.25, 0.3) is 0 Å². The SMILES string of the molecule is CC[C@@H]1CN2CC[C@@]1(C)C[C@]2(C)[C@@H](Oc1nnc(OC(c2ccnc3ccc(OC)cc23)[C@@]2(C)C[C@]3(C)CCN2C[C@@H]3CC)c2ccccc12)c1ccnc2ccc(OC)cc12. The average Bonchev–Trinajstić information content (AvgIpc) is 3.29. The summed E-state index contributed by atoms with van der Waals surface area (Å²) in [5.74, 6) is 3.83. The Morgan fingerprint density at radius 2 is 1.03 bits per heavy atom. The summed E-state index contributed by atoms with van der Waals surface area (Å²) in [6.07, 6.45) is 9.76. The fraction of sp³-hybridized carbons (Fsp3) is 0.500. The van der Waals surface area contributed by atoms with Crippen LogP contribution in [0.15, 0.2) is 85.2 Å². The summed E-state index contributed by atoms with van der Waals surface area (Å²) in [6.45, 7) is 18.6. The molecule has 0 radical (unpaired) electrons. The van der Waals surface area contributed by atoms with E-state index in [1.807, 2.05) is 36.7 Å². The Morgan fingerprint density at radius 3 is 1.42 bits per heavy atom. The topological polar surface area (TPSA) is 95.0 Å². The van der Waals surface area contributed by atoms with Crippen LogP contribution in [-0.4, -0.2) is 81.4 Å². The molecule has 0 aliphatic carbocycles. The van der Waals surface area contributed by atoms with Crippen molar-refractivity contribution in [3.05, 3.63) is 96.3 Å². The molecular formula is C52H62N6O4. The predicted octanol–water partition coefficient (Wildman–Crippen LogP) is 10.8. The van der Waals surface area contributed by atoms with Crippen molar-refractivity contribution in [2.24, 2.45) is 22.7 Å². The van der Waals surface area contributed by atoms with Crippen LogP contribution in [0.1, 0.15) is 103 Å². The third kappa shape index (κ3) is 6.49. The van der Waals surface area contributed by atoms with Crippen LogP contribution in [0.2, 0.25) is 0 Å². The molecule has 0 amide bonds. The molecule has 3 unspecified atom stereocenters. The molecule has 4 bridgehead atoms. The second kappa shape index (κ2) is 15.3. The lowest BCUT2D eigenvalue weighted by atomic mass is 9.57. The smallest absolute Gasteiger partial charge is 0.242 e. The molecule has 0 spiro atoms. The van der Waals surface area contributed by atoms with E-state index >= 15 is 0 Å². The van der Waals surface area contributed by atoms with Gasteiger partial charge in [0.05, 0.1) is 47.1 Å². The average molecular weight is 835 g/mol. The van der Waals surface area contributed by atoms with Crippen molar-refractivity contribution in [1.29, 1.82) is 0 Å². The minimum atomic E-state index is -0.385. The van der Waals surface area contributed by atoms with Gasteiger partial charge in [0.1, 0.15) is 23.7 Å². The van der Waals surface area contributed by atoms with Gasteiger partial charge in [-0.1, -0.05) is 52.7 Å². The van der Waals surface area contributed by atoms with E-state index in [4.69, 9.17) is 39.1 Å². The van der Waals surface area contributed by atoms with Crippen molar-refractivity contribution >= 4 is 32.6 Å². The number of aromatic nitrogens is 4. The Kier molecular flexibility index (Phi) is 10.1. The molecule has 6 saturated heterocycles.